The summed E-state index contributed by atoms with van der Waals surface area (Å²) in [6.45, 7) is 6.43. The summed E-state index contributed by atoms with van der Waals surface area (Å²) in [4.78, 5) is 52.9. The number of alkyl halides is 1. The second kappa shape index (κ2) is 12.2. The van der Waals surface area contributed by atoms with Gasteiger partial charge in [-0.2, -0.15) is 0 Å². The van der Waals surface area contributed by atoms with Gasteiger partial charge < -0.3 is 24.4 Å². The third kappa shape index (κ3) is 6.12. The number of aliphatic carboxylic acids is 1. The number of amides is 1. The van der Waals surface area contributed by atoms with E-state index >= 15 is 0 Å². The first-order valence-electron chi connectivity index (χ1n) is 11.2. The van der Waals surface area contributed by atoms with Gasteiger partial charge in [-0.15, -0.1) is 0 Å². The van der Waals surface area contributed by atoms with Gasteiger partial charge in [-0.3, -0.25) is 14.0 Å². The summed E-state index contributed by atoms with van der Waals surface area (Å²) in [6, 6.07) is 6.36. The SMILES string of the molecule is CCOC(=O)C1=C(C(=O)O)C(=O)N(CC(=O)c2ccc(OCC(C)C)cc2)C(CCF)N1CC. The van der Waals surface area contributed by atoms with E-state index in [1.54, 1.807) is 38.1 Å². The van der Waals surface area contributed by atoms with Crippen molar-refractivity contribution in [3.63, 3.8) is 0 Å². The summed E-state index contributed by atoms with van der Waals surface area (Å²) in [7, 11) is 0. The summed E-state index contributed by atoms with van der Waals surface area (Å²) in [6.07, 6.45) is -1.24. The molecular weight excluding hydrogens is 447 g/mol. The van der Waals surface area contributed by atoms with Crippen molar-refractivity contribution < 1.29 is 38.1 Å². The Balaban J connectivity index is 2.39. The Morgan fingerprint density at radius 3 is 2.26 bits per heavy atom. The molecule has 0 spiro atoms. The summed E-state index contributed by atoms with van der Waals surface area (Å²) in [5.74, 6) is -3.20. The molecule has 0 bridgehead atoms. The van der Waals surface area contributed by atoms with Gasteiger partial charge in [-0.25, -0.2) is 9.59 Å². The van der Waals surface area contributed by atoms with Gasteiger partial charge in [0.25, 0.3) is 5.91 Å². The third-order valence-corrected chi connectivity index (χ3v) is 5.18. The lowest BCUT2D eigenvalue weighted by molar-refractivity contribution is -0.150. The summed E-state index contributed by atoms with van der Waals surface area (Å²) in [5.41, 5.74) is -0.958. The van der Waals surface area contributed by atoms with E-state index in [0.717, 1.165) is 4.90 Å². The highest BCUT2D eigenvalue weighted by molar-refractivity contribution is 6.21. The molecule has 1 amide bonds. The van der Waals surface area contributed by atoms with Crippen LogP contribution in [0.2, 0.25) is 0 Å². The van der Waals surface area contributed by atoms with Crippen molar-refractivity contribution in [2.45, 2.75) is 40.3 Å². The smallest absolute Gasteiger partial charge is 0.355 e. The zero-order valence-corrected chi connectivity index (χ0v) is 19.9. The number of hydrogen-bond acceptors (Lipinski definition) is 7. The molecule has 0 aliphatic carbocycles. The Morgan fingerprint density at radius 2 is 1.76 bits per heavy atom. The minimum Gasteiger partial charge on any atom is -0.493 e. The summed E-state index contributed by atoms with van der Waals surface area (Å²) in [5, 5.41) is 9.70. The van der Waals surface area contributed by atoms with Crippen LogP contribution in [0.15, 0.2) is 35.5 Å². The van der Waals surface area contributed by atoms with Crippen LogP contribution in [0.5, 0.6) is 5.75 Å². The van der Waals surface area contributed by atoms with Crippen LogP contribution in [0.4, 0.5) is 4.39 Å². The van der Waals surface area contributed by atoms with E-state index < -0.39 is 54.3 Å². The van der Waals surface area contributed by atoms with Crippen molar-refractivity contribution in [3.8, 4) is 5.75 Å². The molecule has 0 radical (unpaired) electrons. The fourth-order valence-electron chi connectivity index (χ4n) is 3.65. The molecule has 34 heavy (non-hydrogen) atoms. The zero-order valence-electron chi connectivity index (χ0n) is 19.9. The average Bonchev–Trinajstić information content (AvgIpc) is 2.79. The van der Waals surface area contributed by atoms with Gasteiger partial charge >= 0.3 is 11.9 Å². The predicted molar refractivity (Wildman–Crippen MR) is 121 cm³/mol. The minimum atomic E-state index is -1.63. The highest BCUT2D eigenvalue weighted by atomic mass is 19.1. The predicted octanol–water partition coefficient (Wildman–Crippen LogP) is 2.66. The molecule has 1 aromatic rings. The van der Waals surface area contributed by atoms with E-state index in [9.17, 15) is 28.7 Å². The molecule has 1 N–H and O–H groups in total. The fourth-order valence-corrected chi connectivity index (χ4v) is 3.65. The molecule has 2 rings (SSSR count). The third-order valence-electron chi connectivity index (χ3n) is 5.18. The number of carboxylic acid groups (broad SMARTS) is 1. The normalized spacial score (nSPS) is 16.2. The Bertz CT molecular complexity index is 943. The van der Waals surface area contributed by atoms with Crippen molar-refractivity contribution >= 4 is 23.6 Å². The number of carbonyl (C=O) groups is 4. The van der Waals surface area contributed by atoms with Crippen molar-refractivity contribution in [2.24, 2.45) is 5.92 Å². The molecular formula is C24H31FN2O7. The summed E-state index contributed by atoms with van der Waals surface area (Å²) >= 11 is 0. The van der Waals surface area contributed by atoms with Gasteiger partial charge in [0, 0.05) is 18.5 Å². The van der Waals surface area contributed by atoms with E-state index in [2.05, 4.69) is 0 Å². The molecule has 1 unspecified atom stereocenters. The number of nitrogens with zero attached hydrogens (tertiary/aromatic N) is 2. The fraction of sp³-hybridized carbons (Fsp3) is 0.500. The first-order chi connectivity index (χ1) is 16.2. The first-order valence-corrected chi connectivity index (χ1v) is 11.2. The first kappa shape index (κ1) is 26.8. The summed E-state index contributed by atoms with van der Waals surface area (Å²) < 4.78 is 24.0. The maximum Gasteiger partial charge on any atom is 0.355 e. The van der Waals surface area contributed by atoms with Gasteiger partial charge in [-0.05, 0) is 44.0 Å². The Labute approximate surface area is 198 Å². The monoisotopic (exact) mass is 478 g/mol. The average molecular weight is 479 g/mol. The molecule has 9 nitrogen and oxygen atoms in total. The molecule has 0 fully saturated rings. The number of likely N-dealkylation sites (N-methyl/N-ethyl adjacent to an activating group) is 1. The molecule has 10 heteroatoms. The topological polar surface area (TPSA) is 113 Å². The van der Waals surface area contributed by atoms with Gasteiger partial charge in [0.1, 0.15) is 17.6 Å². The van der Waals surface area contributed by atoms with Crippen molar-refractivity contribution in [1.82, 2.24) is 9.80 Å². The van der Waals surface area contributed by atoms with Gasteiger partial charge in [0.05, 0.1) is 26.4 Å². The molecule has 186 valence electrons. The van der Waals surface area contributed by atoms with E-state index in [1.807, 2.05) is 13.8 Å². The van der Waals surface area contributed by atoms with Gasteiger partial charge in [-0.1, -0.05) is 13.8 Å². The van der Waals surface area contributed by atoms with Crippen molar-refractivity contribution in [3.05, 3.63) is 41.1 Å². The Kier molecular flexibility index (Phi) is 9.58. The van der Waals surface area contributed by atoms with Crippen LogP contribution in [-0.4, -0.2) is 77.7 Å². The van der Waals surface area contributed by atoms with Crippen molar-refractivity contribution in [1.29, 1.82) is 0 Å². The molecule has 1 heterocycles. The Morgan fingerprint density at radius 1 is 1.12 bits per heavy atom. The Hall–Kier alpha value is -3.43. The quantitative estimate of drug-likeness (QED) is 0.277. The van der Waals surface area contributed by atoms with E-state index in [1.165, 1.54) is 4.90 Å². The van der Waals surface area contributed by atoms with Crippen LogP contribution in [0.25, 0.3) is 0 Å². The highest BCUT2D eigenvalue weighted by Crippen LogP contribution is 2.29. The number of hydrogen-bond donors (Lipinski definition) is 1. The molecule has 1 aliphatic heterocycles. The standard InChI is InChI=1S/C24H31FN2O7/c1-5-26-19(11-12-25)27(22(29)20(23(30)31)21(26)24(32)33-6-2)13-18(28)16-7-9-17(10-8-16)34-14-15(3)4/h7-10,15,19H,5-6,11-14H2,1-4H3,(H,30,31). The van der Waals surface area contributed by atoms with Crippen LogP contribution in [0.1, 0.15) is 44.5 Å². The van der Waals surface area contributed by atoms with E-state index in [4.69, 9.17) is 9.47 Å². The number of halogens is 1. The number of benzene rings is 1. The second-order valence-electron chi connectivity index (χ2n) is 8.08. The number of rotatable bonds is 12. The van der Waals surface area contributed by atoms with E-state index in [0.29, 0.717) is 18.3 Å². The molecule has 0 saturated carbocycles. The lowest BCUT2D eigenvalue weighted by Crippen LogP contribution is -2.59. The van der Waals surface area contributed by atoms with Crippen LogP contribution in [0, 0.1) is 5.92 Å². The van der Waals surface area contributed by atoms with Crippen molar-refractivity contribution in [2.75, 3.05) is 33.0 Å². The van der Waals surface area contributed by atoms with Crippen LogP contribution >= 0.6 is 0 Å². The molecule has 1 aliphatic rings. The number of Topliss-reactive ketones (excluding diaryl/α,β-unsaturated/α-hetero) is 1. The lowest BCUT2D eigenvalue weighted by atomic mass is 10.0. The number of carboxylic acids is 1. The molecule has 0 saturated heterocycles. The highest BCUT2D eigenvalue weighted by Gasteiger charge is 2.45. The van der Waals surface area contributed by atoms with E-state index in [-0.39, 0.29) is 25.1 Å². The number of carbonyl (C=O) groups excluding carboxylic acids is 3. The number of esters is 1. The maximum atomic E-state index is 13.4. The largest absolute Gasteiger partial charge is 0.493 e. The van der Waals surface area contributed by atoms with Gasteiger partial charge in [0.2, 0.25) is 0 Å². The molecule has 1 aromatic carbocycles. The number of ketones is 1. The van der Waals surface area contributed by atoms with Crippen LogP contribution in [0.3, 0.4) is 0 Å². The molecule has 0 aromatic heterocycles. The van der Waals surface area contributed by atoms with Crippen LogP contribution < -0.4 is 4.74 Å². The maximum absolute atomic E-state index is 13.4. The van der Waals surface area contributed by atoms with Gasteiger partial charge in [0.15, 0.2) is 11.4 Å². The second-order valence-corrected chi connectivity index (χ2v) is 8.08. The lowest BCUT2D eigenvalue weighted by Gasteiger charge is -2.44. The minimum absolute atomic E-state index is 0.0339. The molecule has 1 atom stereocenters. The number of ether oxygens (including phenoxy) is 2. The zero-order chi connectivity index (χ0) is 25.4. The van der Waals surface area contributed by atoms with Crippen LogP contribution in [-0.2, 0) is 19.1 Å².